The number of nitrogens with zero attached hydrogens (tertiary/aromatic N) is 3. The number of rotatable bonds is 9. The summed E-state index contributed by atoms with van der Waals surface area (Å²) < 4.78 is 2.00. The van der Waals surface area contributed by atoms with Crippen molar-refractivity contribution < 1.29 is 4.79 Å². The molecule has 1 aromatic heterocycles. The Balaban J connectivity index is 1.82. The molecule has 168 valence electrons. The van der Waals surface area contributed by atoms with Crippen molar-refractivity contribution in [1.29, 1.82) is 0 Å². The fourth-order valence-corrected chi connectivity index (χ4v) is 4.39. The smallest absolute Gasteiger partial charge is 0.251 e. The molecule has 1 atom stereocenters. The zero-order valence-corrected chi connectivity index (χ0v) is 20.6. The molecule has 0 radical (unpaired) electrons. The molecule has 3 rings (SSSR count). The highest BCUT2D eigenvalue weighted by Gasteiger charge is 2.26. The number of nitrogens with one attached hydrogen (secondary N) is 1. The van der Waals surface area contributed by atoms with E-state index in [1.165, 1.54) is 0 Å². The van der Waals surface area contributed by atoms with E-state index in [-0.39, 0.29) is 17.9 Å². The summed E-state index contributed by atoms with van der Waals surface area (Å²) in [5, 5.41) is 13.8. The molecule has 1 amide bonds. The Bertz CT molecular complexity index is 1100. The van der Waals surface area contributed by atoms with Crippen LogP contribution in [-0.4, -0.2) is 20.7 Å². The van der Waals surface area contributed by atoms with Gasteiger partial charge in [-0.3, -0.25) is 4.79 Å². The average Bonchev–Trinajstić information content (AvgIpc) is 3.15. The highest BCUT2D eigenvalue weighted by atomic mass is 35.5. The van der Waals surface area contributed by atoms with Gasteiger partial charge in [0.2, 0.25) is 0 Å². The molecule has 2 aromatic carbocycles. The van der Waals surface area contributed by atoms with E-state index in [1.807, 2.05) is 47.9 Å². The number of amides is 1. The van der Waals surface area contributed by atoms with Gasteiger partial charge in [-0.1, -0.05) is 78.6 Å². The van der Waals surface area contributed by atoms with Crippen LogP contribution in [0.25, 0.3) is 0 Å². The summed E-state index contributed by atoms with van der Waals surface area (Å²) in [4.78, 5) is 12.9. The standard InChI is InChI=1S/C24H26Cl2N4OS/c1-5-12-30-22(21(15(2)3)27-23(31)18-9-6-16(4)7-10-18)28-29-24(30)32-14-17-8-11-19(25)20(26)13-17/h5-11,13,15,21H,1,12,14H2,2-4H3,(H,27,31). The minimum Gasteiger partial charge on any atom is -0.342 e. The van der Waals surface area contributed by atoms with Gasteiger partial charge in [-0.15, -0.1) is 16.8 Å². The van der Waals surface area contributed by atoms with E-state index in [0.717, 1.165) is 16.3 Å². The monoisotopic (exact) mass is 488 g/mol. The molecule has 1 unspecified atom stereocenters. The number of aromatic nitrogens is 3. The summed E-state index contributed by atoms with van der Waals surface area (Å²) in [6, 6.07) is 12.8. The first kappa shape index (κ1) is 24.4. The molecule has 0 aliphatic heterocycles. The van der Waals surface area contributed by atoms with Gasteiger partial charge in [0.1, 0.15) is 0 Å². The molecule has 1 N–H and O–H groups in total. The third kappa shape index (κ3) is 5.94. The topological polar surface area (TPSA) is 59.8 Å². The molecule has 32 heavy (non-hydrogen) atoms. The van der Waals surface area contributed by atoms with Gasteiger partial charge in [0.15, 0.2) is 11.0 Å². The van der Waals surface area contributed by atoms with Crippen molar-refractivity contribution in [2.45, 2.75) is 44.3 Å². The molecule has 1 heterocycles. The predicted octanol–water partition coefficient (Wildman–Crippen LogP) is 6.50. The van der Waals surface area contributed by atoms with Crippen molar-refractivity contribution in [1.82, 2.24) is 20.1 Å². The number of aryl methyl sites for hydroxylation is 1. The molecule has 3 aromatic rings. The Morgan fingerprint density at radius 3 is 2.50 bits per heavy atom. The first-order valence-corrected chi connectivity index (χ1v) is 12.0. The maximum absolute atomic E-state index is 12.9. The van der Waals surface area contributed by atoms with Crippen molar-refractivity contribution >= 4 is 40.9 Å². The third-order valence-corrected chi connectivity index (χ3v) is 6.73. The second-order valence-electron chi connectivity index (χ2n) is 7.84. The van der Waals surface area contributed by atoms with Crippen LogP contribution in [0.2, 0.25) is 10.0 Å². The van der Waals surface area contributed by atoms with E-state index in [2.05, 4.69) is 35.9 Å². The molecule has 0 bridgehead atoms. The van der Waals surface area contributed by atoms with Crippen LogP contribution in [0.4, 0.5) is 0 Å². The molecule has 5 nitrogen and oxygen atoms in total. The third-order valence-electron chi connectivity index (χ3n) is 4.95. The summed E-state index contributed by atoms with van der Waals surface area (Å²) in [6.45, 7) is 10.5. The Labute approximate surface area is 203 Å². The Hall–Kier alpha value is -2.28. The maximum atomic E-state index is 12.9. The summed E-state index contributed by atoms with van der Waals surface area (Å²) >= 11 is 13.7. The first-order valence-electron chi connectivity index (χ1n) is 10.3. The van der Waals surface area contributed by atoms with Gasteiger partial charge in [0.05, 0.1) is 16.1 Å². The summed E-state index contributed by atoms with van der Waals surface area (Å²) in [6.07, 6.45) is 1.80. The number of benzene rings is 2. The lowest BCUT2D eigenvalue weighted by Crippen LogP contribution is -2.33. The van der Waals surface area contributed by atoms with Crippen molar-refractivity contribution in [2.75, 3.05) is 0 Å². The lowest BCUT2D eigenvalue weighted by Gasteiger charge is -2.22. The maximum Gasteiger partial charge on any atom is 0.251 e. The number of hydrogen-bond acceptors (Lipinski definition) is 4. The van der Waals surface area contributed by atoms with Gasteiger partial charge in [0.25, 0.3) is 5.91 Å². The fourth-order valence-electron chi connectivity index (χ4n) is 3.17. The molecule has 0 spiro atoms. The summed E-state index contributed by atoms with van der Waals surface area (Å²) in [5.74, 6) is 1.35. The Kier molecular flexibility index (Phi) is 8.40. The van der Waals surface area contributed by atoms with Crippen molar-refractivity contribution in [3.8, 4) is 0 Å². The molecule has 0 aliphatic rings. The van der Waals surface area contributed by atoms with Crippen molar-refractivity contribution in [2.24, 2.45) is 5.92 Å². The molecule has 0 saturated carbocycles. The minimum atomic E-state index is -0.296. The number of hydrogen-bond donors (Lipinski definition) is 1. The molecule has 0 aliphatic carbocycles. The van der Waals surface area contributed by atoms with Crippen LogP contribution in [0.15, 0.2) is 60.3 Å². The molecular weight excluding hydrogens is 463 g/mol. The second-order valence-corrected chi connectivity index (χ2v) is 9.60. The largest absolute Gasteiger partial charge is 0.342 e. The van der Waals surface area contributed by atoms with E-state index in [1.54, 1.807) is 23.9 Å². The highest BCUT2D eigenvalue weighted by Crippen LogP contribution is 2.29. The lowest BCUT2D eigenvalue weighted by molar-refractivity contribution is 0.0922. The fraction of sp³-hybridized carbons (Fsp3) is 0.292. The number of thioether (sulfide) groups is 1. The van der Waals surface area contributed by atoms with Crippen LogP contribution in [0.5, 0.6) is 0 Å². The van der Waals surface area contributed by atoms with Gasteiger partial charge < -0.3 is 9.88 Å². The number of carbonyl (C=O) groups excluding carboxylic acids is 1. The Morgan fingerprint density at radius 1 is 1.16 bits per heavy atom. The van der Waals surface area contributed by atoms with E-state index in [4.69, 9.17) is 23.2 Å². The van der Waals surface area contributed by atoms with Crippen molar-refractivity contribution in [3.05, 3.63) is 87.7 Å². The molecule has 0 fully saturated rings. The normalized spacial score (nSPS) is 12.1. The van der Waals surface area contributed by atoms with Crippen LogP contribution >= 0.6 is 35.0 Å². The number of halogens is 2. The summed E-state index contributed by atoms with van der Waals surface area (Å²) in [7, 11) is 0. The number of allylic oxidation sites excluding steroid dienone is 1. The van der Waals surface area contributed by atoms with Crippen LogP contribution in [-0.2, 0) is 12.3 Å². The van der Waals surface area contributed by atoms with Crippen LogP contribution < -0.4 is 5.32 Å². The predicted molar refractivity (Wildman–Crippen MR) is 132 cm³/mol. The van der Waals surface area contributed by atoms with Gasteiger partial charge >= 0.3 is 0 Å². The molecular formula is C24H26Cl2N4OS. The zero-order valence-electron chi connectivity index (χ0n) is 18.3. The first-order chi connectivity index (χ1) is 15.3. The molecule has 8 heteroatoms. The minimum absolute atomic E-state index is 0.116. The van der Waals surface area contributed by atoms with Crippen LogP contribution in [0.1, 0.15) is 47.2 Å². The second kappa shape index (κ2) is 11.0. The molecule has 0 saturated heterocycles. The van der Waals surface area contributed by atoms with E-state index in [0.29, 0.717) is 33.7 Å². The average molecular weight is 489 g/mol. The lowest BCUT2D eigenvalue weighted by atomic mass is 10.0. The highest BCUT2D eigenvalue weighted by molar-refractivity contribution is 7.98. The SMILES string of the molecule is C=CCn1c(SCc2ccc(Cl)c(Cl)c2)nnc1C(NC(=O)c1ccc(C)cc1)C(C)C. The van der Waals surface area contributed by atoms with Crippen LogP contribution in [0, 0.1) is 12.8 Å². The van der Waals surface area contributed by atoms with Gasteiger partial charge in [-0.25, -0.2) is 0 Å². The number of carbonyl (C=O) groups is 1. The van der Waals surface area contributed by atoms with E-state index in [9.17, 15) is 4.79 Å². The van der Waals surface area contributed by atoms with Gasteiger partial charge in [-0.05, 0) is 42.7 Å². The van der Waals surface area contributed by atoms with E-state index < -0.39 is 0 Å². The van der Waals surface area contributed by atoms with E-state index >= 15 is 0 Å². The van der Waals surface area contributed by atoms with Crippen molar-refractivity contribution in [3.63, 3.8) is 0 Å². The van der Waals surface area contributed by atoms with Gasteiger partial charge in [0, 0.05) is 17.9 Å². The zero-order chi connectivity index (χ0) is 23.3. The van der Waals surface area contributed by atoms with Gasteiger partial charge in [-0.2, -0.15) is 0 Å². The van der Waals surface area contributed by atoms with Crippen LogP contribution in [0.3, 0.4) is 0 Å². The Morgan fingerprint density at radius 2 is 1.88 bits per heavy atom. The quantitative estimate of drug-likeness (QED) is 0.275. The summed E-state index contributed by atoms with van der Waals surface area (Å²) in [5.41, 5.74) is 2.76.